The maximum Gasteiger partial charge on any atom is 0.137 e. The van der Waals surface area contributed by atoms with Crippen molar-refractivity contribution < 1.29 is 4.74 Å². The predicted molar refractivity (Wildman–Crippen MR) is 67.5 cm³/mol. The topological polar surface area (TPSA) is 47.3 Å². The van der Waals surface area contributed by atoms with Crippen LogP contribution in [-0.4, -0.2) is 7.11 Å². The van der Waals surface area contributed by atoms with Crippen LogP contribution in [0.15, 0.2) is 18.2 Å². The molecular formula is C12H19ClN2O. The van der Waals surface area contributed by atoms with Crippen LogP contribution in [0.1, 0.15) is 31.9 Å². The van der Waals surface area contributed by atoms with E-state index in [4.69, 9.17) is 22.2 Å². The van der Waals surface area contributed by atoms with Crippen LogP contribution in [0, 0.1) is 5.92 Å². The molecule has 0 aliphatic carbocycles. The number of hydrogen-bond acceptors (Lipinski definition) is 3. The van der Waals surface area contributed by atoms with E-state index in [2.05, 4.69) is 19.3 Å². The molecule has 4 heteroatoms. The van der Waals surface area contributed by atoms with E-state index in [1.54, 1.807) is 7.11 Å². The van der Waals surface area contributed by atoms with Crippen molar-refractivity contribution in [3.63, 3.8) is 0 Å². The summed E-state index contributed by atoms with van der Waals surface area (Å²) >= 11 is 5.97. The summed E-state index contributed by atoms with van der Waals surface area (Å²) in [6.07, 6.45) is 0.973. The van der Waals surface area contributed by atoms with E-state index >= 15 is 0 Å². The largest absolute Gasteiger partial charge is 0.495 e. The number of nitrogens with two attached hydrogens (primary N) is 1. The van der Waals surface area contributed by atoms with Gasteiger partial charge in [-0.15, -0.1) is 0 Å². The van der Waals surface area contributed by atoms with Gasteiger partial charge in [0.05, 0.1) is 12.1 Å². The van der Waals surface area contributed by atoms with Gasteiger partial charge in [-0.05, 0) is 30.0 Å². The lowest BCUT2D eigenvalue weighted by Crippen LogP contribution is -2.29. The molecule has 0 aromatic heterocycles. The Labute approximate surface area is 102 Å². The zero-order chi connectivity index (χ0) is 12.1. The summed E-state index contributed by atoms with van der Waals surface area (Å²) in [4.78, 5) is 0. The first-order chi connectivity index (χ1) is 7.58. The van der Waals surface area contributed by atoms with Crippen LogP contribution >= 0.6 is 11.6 Å². The minimum atomic E-state index is 0.131. The molecule has 0 aliphatic rings. The predicted octanol–water partition coefficient (Wildman–Crippen LogP) is 2.90. The van der Waals surface area contributed by atoms with Crippen LogP contribution < -0.4 is 16.0 Å². The minimum absolute atomic E-state index is 0.131. The number of ether oxygens (including phenoxy) is 1. The molecule has 0 spiro atoms. The van der Waals surface area contributed by atoms with Gasteiger partial charge in [-0.25, -0.2) is 0 Å². The van der Waals surface area contributed by atoms with Gasteiger partial charge in [-0.3, -0.25) is 11.3 Å². The second kappa shape index (κ2) is 6.09. The standard InChI is InChI=1S/C12H19ClN2O/c1-8(2)6-11(15-14)9-4-5-10(13)12(7-9)16-3/h4-5,7-8,11,15H,6,14H2,1-3H3. The number of nitrogens with one attached hydrogen (secondary N) is 1. The second-order valence-electron chi connectivity index (χ2n) is 4.24. The molecule has 0 bridgehead atoms. The van der Waals surface area contributed by atoms with Crippen LogP contribution in [0.3, 0.4) is 0 Å². The SMILES string of the molecule is COc1cc(C(CC(C)C)NN)ccc1Cl. The monoisotopic (exact) mass is 242 g/mol. The number of halogens is 1. The summed E-state index contributed by atoms with van der Waals surface area (Å²) in [5, 5.41) is 0.617. The Hall–Kier alpha value is -0.770. The quantitative estimate of drug-likeness (QED) is 0.617. The van der Waals surface area contributed by atoms with Crippen molar-refractivity contribution in [2.75, 3.05) is 7.11 Å². The van der Waals surface area contributed by atoms with Gasteiger partial charge in [0.15, 0.2) is 0 Å². The molecule has 0 fully saturated rings. The summed E-state index contributed by atoms with van der Waals surface area (Å²) in [5.74, 6) is 6.81. The molecule has 1 aromatic carbocycles. The summed E-state index contributed by atoms with van der Waals surface area (Å²) < 4.78 is 5.18. The summed E-state index contributed by atoms with van der Waals surface area (Å²) in [7, 11) is 1.61. The van der Waals surface area contributed by atoms with Crippen molar-refractivity contribution in [1.29, 1.82) is 0 Å². The first-order valence-electron chi connectivity index (χ1n) is 5.38. The Morgan fingerprint density at radius 2 is 2.12 bits per heavy atom. The molecule has 1 aromatic rings. The number of hydrazine groups is 1. The average Bonchev–Trinajstić information content (AvgIpc) is 2.26. The van der Waals surface area contributed by atoms with E-state index in [0.717, 1.165) is 12.0 Å². The van der Waals surface area contributed by atoms with Gasteiger partial charge in [0.2, 0.25) is 0 Å². The van der Waals surface area contributed by atoms with E-state index in [9.17, 15) is 0 Å². The van der Waals surface area contributed by atoms with Crippen molar-refractivity contribution in [2.45, 2.75) is 26.3 Å². The first-order valence-corrected chi connectivity index (χ1v) is 5.75. The number of benzene rings is 1. The number of rotatable bonds is 5. The lowest BCUT2D eigenvalue weighted by molar-refractivity contribution is 0.408. The van der Waals surface area contributed by atoms with E-state index in [-0.39, 0.29) is 6.04 Å². The molecule has 3 nitrogen and oxygen atoms in total. The molecule has 90 valence electrons. The molecule has 1 atom stereocenters. The van der Waals surface area contributed by atoms with Crippen molar-refractivity contribution in [2.24, 2.45) is 11.8 Å². The van der Waals surface area contributed by atoms with Crippen molar-refractivity contribution in [3.8, 4) is 5.75 Å². The fourth-order valence-corrected chi connectivity index (χ4v) is 1.86. The van der Waals surface area contributed by atoms with Crippen LogP contribution in [0.25, 0.3) is 0 Å². The maximum absolute atomic E-state index is 5.97. The molecule has 0 saturated carbocycles. The number of methoxy groups -OCH3 is 1. The molecule has 3 N–H and O–H groups in total. The highest BCUT2D eigenvalue weighted by atomic mass is 35.5. The molecule has 0 heterocycles. The normalized spacial score (nSPS) is 12.9. The molecule has 0 aliphatic heterocycles. The lowest BCUT2D eigenvalue weighted by Gasteiger charge is -2.19. The Morgan fingerprint density at radius 1 is 1.44 bits per heavy atom. The Kier molecular flexibility index (Phi) is 5.06. The second-order valence-corrected chi connectivity index (χ2v) is 4.65. The molecule has 0 amide bonds. The zero-order valence-electron chi connectivity index (χ0n) is 9.96. The van der Waals surface area contributed by atoms with Gasteiger partial charge in [-0.2, -0.15) is 0 Å². The summed E-state index contributed by atoms with van der Waals surface area (Å²) in [6, 6.07) is 5.86. The van der Waals surface area contributed by atoms with Gasteiger partial charge >= 0.3 is 0 Å². The van der Waals surface area contributed by atoms with Gasteiger partial charge < -0.3 is 4.74 Å². The van der Waals surface area contributed by atoms with Gasteiger partial charge in [-0.1, -0.05) is 31.5 Å². The smallest absolute Gasteiger partial charge is 0.137 e. The lowest BCUT2D eigenvalue weighted by atomic mass is 9.97. The molecule has 1 unspecified atom stereocenters. The van der Waals surface area contributed by atoms with Crippen LogP contribution in [-0.2, 0) is 0 Å². The third-order valence-corrected chi connectivity index (χ3v) is 2.80. The molecule has 1 rings (SSSR count). The molecule has 0 radical (unpaired) electrons. The zero-order valence-corrected chi connectivity index (χ0v) is 10.7. The van der Waals surface area contributed by atoms with Gasteiger partial charge in [0, 0.05) is 6.04 Å². The average molecular weight is 243 g/mol. The fourth-order valence-electron chi connectivity index (χ4n) is 1.66. The Balaban J connectivity index is 2.92. The first kappa shape index (κ1) is 13.3. The van der Waals surface area contributed by atoms with Crippen LogP contribution in [0.4, 0.5) is 0 Å². The van der Waals surface area contributed by atoms with Crippen LogP contribution in [0.2, 0.25) is 5.02 Å². The van der Waals surface area contributed by atoms with Crippen molar-refractivity contribution in [3.05, 3.63) is 28.8 Å². The maximum atomic E-state index is 5.97. The summed E-state index contributed by atoms with van der Waals surface area (Å²) in [5.41, 5.74) is 3.92. The van der Waals surface area contributed by atoms with Gasteiger partial charge in [0.25, 0.3) is 0 Å². The van der Waals surface area contributed by atoms with Crippen molar-refractivity contribution >= 4 is 11.6 Å². The highest BCUT2D eigenvalue weighted by Crippen LogP contribution is 2.29. The van der Waals surface area contributed by atoms with Crippen LogP contribution in [0.5, 0.6) is 5.75 Å². The third-order valence-electron chi connectivity index (χ3n) is 2.49. The van der Waals surface area contributed by atoms with E-state index < -0.39 is 0 Å². The van der Waals surface area contributed by atoms with E-state index in [1.807, 2.05) is 18.2 Å². The Bertz CT molecular complexity index is 342. The van der Waals surface area contributed by atoms with E-state index in [0.29, 0.717) is 16.7 Å². The molecular weight excluding hydrogens is 224 g/mol. The molecule has 0 saturated heterocycles. The number of hydrogen-bond donors (Lipinski definition) is 2. The minimum Gasteiger partial charge on any atom is -0.495 e. The Morgan fingerprint density at radius 3 is 2.62 bits per heavy atom. The van der Waals surface area contributed by atoms with E-state index in [1.165, 1.54) is 0 Å². The van der Waals surface area contributed by atoms with Gasteiger partial charge in [0.1, 0.15) is 5.75 Å². The highest BCUT2D eigenvalue weighted by molar-refractivity contribution is 6.32. The molecule has 16 heavy (non-hydrogen) atoms. The van der Waals surface area contributed by atoms with Crippen molar-refractivity contribution in [1.82, 2.24) is 5.43 Å². The third kappa shape index (κ3) is 3.37. The fraction of sp³-hybridized carbons (Fsp3) is 0.500. The highest BCUT2D eigenvalue weighted by Gasteiger charge is 2.13. The summed E-state index contributed by atoms with van der Waals surface area (Å²) in [6.45, 7) is 4.33.